The van der Waals surface area contributed by atoms with Gasteiger partial charge >= 0.3 is 0 Å². The Morgan fingerprint density at radius 3 is 2.57 bits per heavy atom. The summed E-state index contributed by atoms with van der Waals surface area (Å²) in [6, 6.07) is 11.9. The smallest absolute Gasteiger partial charge is 0.154 e. The van der Waals surface area contributed by atoms with E-state index in [4.69, 9.17) is 15.2 Å². The maximum Gasteiger partial charge on any atom is 0.154 e. The molecule has 3 rings (SSSR count). The largest absolute Gasteiger partial charge is 0.489 e. The fourth-order valence-corrected chi connectivity index (χ4v) is 2.71. The van der Waals surface area contributed by atoms with Crippen molar-refractivity contribution in [3.05, 3.63) is 47.5 Å². The lowest BCUT2D eigenvalue weighted by atomic mass is 10.1. The van der Waals surface area contributed by atoms with E-state index in [1.54, 1.807) is 0 Å². The molecule has 0 aromatic heterocycles. The van der Waals surface area contributed by atoms with Crippen molar-refractivity contribution in [3.63, 3.8) is 0 Å². The molecule has 0 amide bonds. The Labute approximate surface area is 125 Å². The van der Waals surface area contributed by atoms with Gasteiger partial charge in [0.05, 0.1) is 6.10 Å². The van der Waals surface area contributed by atoms with Crippen LogP contribution in [0.1, 0.15) is 31.4 Å². The van der Waals surface area contributed by atoms with Crippen LogP contribution in [0.15, 0.2) is 36.4 Å². The highest BCUT2D eigenvalue weighted by atomic mass is 16.5. The molecular weight excluding hydrogens is 262 g/mol. The first-order valence-corrected chi connectivity index (χ1v) is 7.48. The van der Waals surface area contributed by atoms with Gasteiger partial charge in [-0.3, -0.25) is 0 Å². The molecule has 0 bridgehead atoms. The minimum atomic E-state index is 0.0857. The zero-order valence-electron chi connectivity index (χ0n) is 12.6. The van der Waals surface area contributed by atoms with Crippen LogP contribution in [0.2, 0.25) is 0 Å². The Hall–Kier alpha value is -2.16. The second kappa shape index (κ2) is 5.68. The quantitative estimate of drug-likeness (QED) is 0.849. The molecule has 0 atom stereocenters. The normalized spacial score (nSPS) is 13.3. The maximum atomic E-state index is 6.14. The van der Waals surface area contributed by atoms with Gasteiger partial charge < -0.3 is 15.2 Å². The summed E-state index contributed by atoms with van der Waals surface area (Å²) in [5.74, 6) is 2.15. The van der Waals surface area contributed by atoms with Crippen molar-refractivity contribution in [2.24, 2.45) is 0 Å². The van der Waals surface area contributed by atoms with Gasteiger partial charge in [0, 0.05) is 0 Å². The average Bonchev–Trinajstić information content (AvgIpc) is 2.90. The number of nitrogen functional groups attached to an aromatic ring is 1. The van der Waals surface area contributed by atoms with Crippen molar-refractivity contribution in [2.75, 3.05) is 5.73 Å². The highest BCUT2D eigenvalue weighted by Crippen LogP contribution is 2.36. The standard InChI is InChI=1S/C18H21NO2/c1-12(2)20-16-7-4-8-17(18(16)19)21-15-10-9-13-5-3-6-14(13)11-15/h4,7-12H,3,5-6,19H2,1-2H3. The van der Waals surface area contributed by atoms with Crippen LogP contribution in [0.25, 0.3) is 0 Å². The Morgan fingerprint density at radius 1 is 1.00 bits per heavy atom. The Bertz CT molecular complexity index is 650. The Kier molecular flexibility index (Phi) is 3.74. The average molecular weight is 283 g/mol. The monoisotopic (exact) mass is 283 g/mol. The van der Waals surface area contributed by atoms with Crippen LogP contribution in [-0.2, 0) is 12.8 Å². The molecule has 21 heavy (non-hydrogen) atoms. The van der Waals surface area contributed by atoms with Gasteiger partial charge in [-0.2, -0.15) is 0 Å². The molecule has 0 saturated heterocycles. The number of anilines is 1. The first-order valence-electron chi connectivity index (χ1n) is 7.48. The molecule has 2 N–H and O–H groups in total. The van der Waals surface area contributed by atoms with Gasteiger partial charge in [-0.1, -0.05) is 12.1 Å². The zero-order chi connectivity index (χ0) is 14.8. The predicted molar refractivity (Wildman–Crippen MR) is 85.2 cm³/mol. The first-order chi connectivity index (χ1) is 10.1. The van der Waals surface area contributed by atoms with E-state index >= 15 is 0 Å². The van der Waals surface area contributed by atoms with Crippen LogP contribution in [-0.4, -0.2) is 6.10 Å². The lowest BCUT2D eigenvalue weighted by Crippen LogP contribution is -2.07. The van der Waals surface area contributed by atoms with Crippen molar-refractivity contribution in [1.29, 1.82) is 0 Å². The van der Waals surface area contributed by atoms with Crippen molar-refractivity contribution in [3.8, 4) is 17.2 Å². The summed E-state index contributed by atoms with van der Waals surface area (Å²) in [6.07, 6.45) is 3.63. The maximum absolute atomic E-state index is 6.14. The number of para-hydroxylation sites is 1. The number of aryl methyl sites for hydroxylation is 2. The highest BCUT2D eigenvalue weighted by molar-refractivity contribution is 5.63. The third-order valence-corrected chi connectivity index (χ3v) is 3.69. The van der Waals surface area contributed by atoms with Crippen LogP contribution >= 0.6 is 0 Å². The second-order valence-electron chi connectivity index (χ2n) is 5.72. The summed E-state index contributed by atoms with van der Waals surface area (Å²) < 4.78 is 11.6. The summed E-state index contributed by atoms with van der Waals surface area (Å²) in [4.78, 5) is 0. The fraction of sp³-hybridized carbons (Fsp3) is 0.333. The molecule has 0 fully saturated rings. The molecule has 2 aromatic rings. The zero-order valence-corrected chi connectivity index (χ0v) is 12.6. The van der Waals surface area contributed by atoms with E-state index in [-0.39, 0.29) is 6.10 Å². The molecular formula is C18H21NO2. The van der Waals surface area contributed by atoms with E-state index in [0.717, 1.165) is 12.2 Å². The third-order valence-electron chi connectivity index (χ3n) is 3.69. The van der Waals surface area contributed by atoms with E-state index in [1.807, 2.05) is 38.1 Å². The molecule has 3 nitrogen and oxygen atoms in total. The van der Waals surface area contributed by atoms with Crippen LogP contribution in [0.3, 0.4) is 0 Å². The van der Waals surface area contributed by atoms with Gasteiger partial charge in [0.2, 0.25) is 0 Å². The number of hydrogen-bond donors (Lipinski definition) is 1. The molecule has 2 aromatic carbocycles. The third kappa shape index (κ3) is 2.97. The SMILES string of the molecule is CC(C)Oc1cccc(Oc2ccc3c(c2)CCC3)c1N. The van der Waals surface area contributed by atoms with E-state index in [0.29, 0.717) is 17.2 Å². The molecule has 110 valence electrons. The van der Waals surface area contributed by atoms with Gasteiger partial charge in [0.25, 0.3) is 0 Å². The number of rotatable bonds is 4. The summed E-state index contributed by atoms with van der Waals surface area (Å²) in [6.45, 7) is 3.96. The molecule has 0 saturated carbocycles. The molecule has 0 radical (unpaired) electrons. The van der Waals surface area contributed by atoms with E-state index in [9.17, 15) is 0 Å². The van der Waals surface area contributed by atoms with E-state index < -0.39 is 0 Å². The van der Waals surface area contributed by atoms with Crippen LogP contribution in [0.5, 0.6) is 17.2 Å². The van der Waals surface area contributed by atoms with Crippen LogP contribution in [0.4, 0.5) is 5.69 Å². The molecule has 1 aliphatic rings. The molecule has 3 heteroatoms. The Morgan fingerprint density at radius 2 is 1.76 bits per heavy atom. The van der Waals surface area contributed by atoms with Crippen molar-refractivity contribution in [1.82, 2.24) is 0 Å². The van der Waals surface area contributed by atoms with E-state index in [1.165, 1.54) is 24.0 Å². The van der Waals surface area contributed by atoms with Crippen LogP contribution < -0.4 is 15.2 Å². The lowest BCUT2D eigenvalue weighted by molar-refractivity contribution is 0.243. The molecule has 1 aliphatic carbocycles. The number of fused-ring (bicyclic) bond motifs is 1. The lowest BCUT2D eigenvalue weighted by Gasteiger charge is -2.15. The molecule has 0 spiro atoms. The topological polar surface area (TPSA) is 44.5 Å². The van der Waals surface area contributed by atoms with Gasteiger partial charge in [-0.25, -0.2) is 0 Å². The summed E-state index contributed by atoms with van der Waals surface area (Å²) >= 11 is 0. The minimum absolute atomic E-state index is 0.0857. The van der Waals surface area contributed by atoms with E-state index in [2.05, 4.69) is 12.1 Å². The predicted octanol–water partition coefficient (Wildman–Crippen LogP) is 4.34. The number of benzene rings is 2. The molecule has 0 aliphatic heterocycles. The van der Waals surface area contributed by atoms with Crippen molar-refractivity contribution < 1.29 is 9.47 Å². The number of nitrogens with two attached hydrogens (primary N) is 1. The Balaban J connectivity index is 1.84. The fourth-order valence-electron chi connectivity index (χ4n) is 2.71. The van der Waals surface area contributed by atoms with Gasteiger partial charge in [0.15, 0.2) is 5.75 Å². The minimum Gasteiger partial charge on any atom is -0.489 e. The second-order valence-corrected chi connectivity index (χ2v) is 5.72. The summed E-state index contributed by atoms with van der Waals surface area (Å²) in [5.41, 5.74) is 9.52. The summed E-state index contributed by atoms with van der Waals surface area (Å²) in [7, 11) is 0. The van der Waals surface area contributed by atoms with Crippen LogP contribution in [0, 0.1) is 0 Å². The number of ether oxygens (including phenoxy) is 2. The first kappa shape index (κ1) is 13.8. The highest BCUT2D eigenvalue weighted by Gasteiger charge is 2.13. The summed E-state index contributed by atoms with van der Waals surface area (Å²) in [5, 5.41) is 0. The van der Waals surface area contributed by atoms with Crippen molar-refractivity contribution >= 4 is 5.69 Å². The van der Waals surface area contributed by atoms with Gasteiger partial charge in [-0.15, -0.1) is 0 Å². The molecule has 0 heterocycles. The number of hydrogen-bond acceptors (Lipinski definition) is 3. The van der Waals surface area contributed by atoms with Gasteiger partial charge in [0.1, 0.15) is 17.2 Å². The van der Waals surface area contributed by atoms with Gasteiger partial charge in [-0.05, 0) is 68.5 Å². The van der Waals surface area contributed by atoms with Crippen molar-refractivity contribution in [2.45, 2.75) is 39.2 Å². The molecule has 0 unspecified atom stereocenters.